The van der Waals surface area contributed by atoms with Gasteiger partial charge in [-0.3, -0.25) is 4.79 Å². The Kier molecular flexibility index (Phi) is 4.45. The maximum atomic E-state index is 13.0. The number of aromatic nitrogens is 2. The minimum atomic E-state index is -0.267. The lowest BCUT2D eigenvalue weighted by molar-refractivity contribution is 0.104. The third-order valence-electron chi connectivity index (χ3n) is 4.95. The molecule has 148 valence electrons. The molecule has 2 aromatic heterocycles. The van der Waals surface area contributed by atoms with Crippen molar-refractivity contribution in [1.29, 1.82) is 15.8 Å². The first-order chi connectivity index (χ1) is 15.6. The topological polar surface area (TPSA) is 127 Å². The van der Waals surface area contributed by atoms with E-state index in [0.29, 0.717) is 49.3 Å². The first kappa shape index (κ1) is 19.1. The Balaban J connectivity index is 1.58. The molecule has 32 heavy (non-hydrogen) atoms. The summed E-state index contributed by atoms with van der Waals surface area (Å²) >= 11 is 1.23. The minimum Gasteiger partial charge on any atom is -0.417 e. The molecule has 0 N–H and O–H groups in total. The minimum absolute atomic E-state index is 0.129. The van der Waals surface area contributed by atoms with E-state index in [-0.39, 0.29) is 16.9 Å². The van der Waals surface area contributed by atoms with Gasteiger partial charge in [0.15, 0.2) is 10.6 Å². The maximum absolute atomic E-state index is 13.0. The summed E-state index contributed by atoms with van der Waals surface area (Å²) in [6, 6.07) is 19.6. The van der Waals surface area contributed by atoms with E-state index >= 15 is 0 Å². The number of rotatable bonds is 2. The molecule has 4 aromatic rings. The van der Waals surface area contributed by atoms with Crippen LogP contribution in [-0.2, 0) is 0 Å². The molecule has 5 rings (SSSR count). The van der Waals surface area contributed by atoms with Crippen LogP contribution in [0.1, 0.15) is 26.5 Å². The number of ketones is 1. The van der Waals surface area contributed by atoms with E-state index in [2.05, 4.69) is 16.0 Å². The fraction of sp³-hybridized carbons (Fsp3) is 0. The summed E-state index contributed by atoms with van der Waals surface area (Å²) in [7, 11) is 0. The van der Waals surface area contributed by atoms with Crippen molar-refractivity contribution >= 4 is 39.3 Å². The lowest BCUT2D eigenvalue weighted by Gasteiger charge is -2.00. The molecule has 1 aliphatic rings. The number of oxazole rings is 1. The van der Waals surface area contributed by atoms with Gasteiger partial charge in [-0.1, -0.05) is 35.6 Å². The predicted molar refractivity (Wildman–Crippen MR) is 117 cm³/mol. The standard InChI is InChI=1S/C24H9N5O2S/c25-10-13-5-7-14(8-6-13)22-29-24-23(31-22)28-19(32-24)9-18-20(15(11-26)12-27)16-3-1-2-4-17(16)21(18)30/h1-9H/b18-9-. The average molecular weight is 431 g/mol. The zero-order valence-electron chi connectivity index (χ0n) is 16.2. The Morgan fingerprint density at radius 2 is 1.69 bits per heavy atom. The van der Waals surface area contributed by atoms with Crippen LogP contribution in [0.4, 0.5) is 0 Å². The SMILES string of the molecule is N#CC(C#N)=C1/C(=C/c2nc3oc(-c4ccc(C#N)cc4)nc3s2)C(=O)c2ccccc21. The monoisotopic (exact) mass is 431 g/mol. The highest BCUT2D eigenvalue weighted by Crippen LogP contribution is 2.40. The highest BCUT2D eigenvalue weighted by molar-refractivity contribution is 7.18. The zero-order chi connectivity index (χ0) is 22.2. The van der Waals surface area contributed by atoms with E-state index in [9.17, 15) is 15.3 Å². The molecule has 8 heteroatoms. The van der Waals surface area contributed by atoms with E-state index in [1.165, 1.54) is 11.3 Å². The number of nitriles is 3. The highest BCUT2D eigenvalue weighted by Gasteiger charge is 2.32. The molecule has 0 fully saturated rings. The van der Waals surface area contributed by atoms with Gasteiger partial charge in [-0.05, 0) is 35.9 Å². The number of benzene rings is 2. The molecule has 0 bridgehead atoms. The van der Waals surface area contributed by atoms with Gasteiger partial charge in [0.05, 0.1) is 11.6 Å². The normalized spacial score (nSPS) is 13.6. The van der Waals surface area contributed by atoms with E-state index in [1.54, 1.807) is 54.6 Å². The van der Waals surface area contributed by atoms with Crippen LogP contribution in [0.5, 0.6) is 0 Å². The molecule has 0 atom stereocenters. The molecule has 0 amide bonds. The number of fused-ring (bicyclic) bond motifs is 2. The first-order valence-electron chi connectivity index (χ1n) is 9.31. The number of nitrogens with zero attached hydrogens (tertiary/aromatic N) is 5. The summed E-state index contributed by atoms with van der Waals surface area (Å²) in [6.07, 6.45) is 1.57. The van der Waals surface area contributed by atoms with Crippen LogP contribution in [-0.4, -0.2) is 15.8 Å². The Hall–Kier alpha value is -4.84. The van der Waals surface area contributed by atoms with Crippen LogP contribution >= 0.6 is 11.3 Å². The largest absolute Gasteiger partial charge is 0.417 e. The molecular weight excluding hydrogens is 422 g/mol. The second-order valence-electron chi connectivity index (χ2n) is 6.78. The number of hydrogen-bond acceptors (Lipinski definition) is 8. The van der Waals surface area contributed by atoms with Gasteiger partial charge < -0.3 is 4.42 Å². The Bertz CT molecular complexity index is 1570. The number of hydrogen-bond donors (Lipinski definition) is 0. The lowest BCUT2D eigenvalue weighted by atomic mass is 10.00. The number of thiazole rings is 1. The van der Waals surface area contributed by atoms with E-state index < -0.39 is 0 Å². The molecular formula is C24H9N5O2S. The maximum Gasteiger partial charge on any atom is 0.259 e. The van der Waals surface area contributed by atoms with Crippen molar-refractivity contribution in [2.24, 2.45) is 0 Å². The second-order valence-corrected chi connectivity index (χ2v) is 7.79. The summed E-state index contributed by atoms with van der Waals surface area (Å²) in [5.74, 6) is 0.111. The van der Waals surface area contributed by atoms with Crippen LogP contribution in [0.25, 0.3) is 33.6 Å². The van der Waals surface area contributed by atoms with Gasteiger partial charge in [0.25, 0.3) is 5.71 Å². The number of Topliss-reactive ketones (excluding diaryl/α,β-unsaturated/α-hetero) is 1. The van der Waals surface area contributed by atoms with Gasteiger partial charge in [-0.2, -0.15) is 25.8 Å². The van der Waals surface area contributed by atoms with Gasteiger partial charge in [-0.15, -0.1) is 0 Å². The fourth-order valence-electron chi connectivity index (χ4n) is 3.50. The van der Waals surface area contributed by atoms with Crippen LogP contribution in [0.2, 0.25) is 0 Å². The van der Waals surface area contributed by atoms with Crippen molar-refractivity contribution in [1.82, 2.24) is 9.97 Å². The molecule has 1 aliphatic carbocycles. The summed E-state index contributed by atoms with van der Waals surface area (Å²) in [5, 5.41) is 28.2. The molecule has 0 radical (unpaired) electrons. The average Bonchev–Trinajstić information content (AvgIpc) is 3.47. The molecule has 2 aromatic carbocycles. The van der Waals surface area contributed by atoms with Crippen molar-refractivity contribution in [2.45, 2.75) is 0 Å². The number of allylic oxidation sites excluding steroid dienone is 3. The summed E-state index contributed by atoms with van der Waals surface area (Å²) in [4.78, 5) is 22.4. The Morgan fingerprint density at radius 1 is 0.969 bits per heavy atom. The van der Waals surface area contributed by atoms with E-state index in [0.717, 1.165) is 0 Å². The highest BCUT2D eigenvalue weighted by atomic mass is 32.1. The third kappa shape index (κ3) is 2.98. The van der Waals surface area contributed by atoms with Gasteiger partial charge in [0.2, 0.25) is 5.89 Å². The first-order valence-corrected chi connectivity index (χ1v) is 10.1. The van der Waals surface area contributed by atoms with Gasteiger partial charge in [0.1, 0.15) is 22.7 Å². The Labute approximate surface area is 185 Å². The summed E-state index contributed by atoms with van der Waals surface area (Å²) in [5.41, 5.74) is 3.00. The fourth-order valence-corrected chi connectivity index (χ4v) is 4.31. The number of carbonyl (C=O) groups excluding carboxylic acids is 1. The quantitative estimate of drug-likeness (QED) is 0.326. The lowest BCUT2D eigenvalue weighted by Crippen LogP contribution is -1.95. The second kappa shape index (κ2) is 7.45. The van der Waals surface area contributed by atoms with Crippen molar-refractivity contribution in [2.75, 3.05) is 0 Å². The summed E-state index contributed by atoms with van der Waals surface area (Å²) < 4.78 is 5.75. The zero-order valence-corrected chi connectivity index (χ0v) is 17.0. The molecule has 0 saturated heterocycles. The van der Waals surface area contributed by atoms with E-state index in [4.69, 9.17) is 9.68 Å². The molecule has 0 unspecified atom stereocenters. The summed E-state index contributed by atoms with van der Waals surface area (Å²) in [6.45, 7) is 0. The van der Waals surface area contributed by atoms with Crippen molar-refractivity contribution in [3.8, 4) is 29.7 Å². The van der Waals surface area contributed by atoms with Crippen molar-refractivity contribution < 1.29 is 9.21 Å². The molecule has 0 aliphatic heterocycles. The van der Waals surface area contributed by atoms with E-state index in [1.807, 2.05) is 12.1 Å². The van der Waals surface area contributed by atoms with Crippen LogP contribution in [0, 0.1) is 34.0 Å². The number of carbonyl (C=O) groups is 1. The smallest absolute Gasteiger partial charge is 0.259 e. The molecule has 0 saturated carbocycles. The Morgan fingerprint density at radius 3 is 2.34 bits per heavy atom. The van der Waals surface area contributed by atoms with Crippen LogP contribution in [0.3, 0.4) is 0 Å². The van der Waals surface area contributed by atoms with Crippen LogP contribution < -0.4 is 0 Å². The van der Waals surface area contributed by atoms with Crippen molar-refractivity contribution in [3.05, 3.63) is 81.4 Å². The van der Waals surface area contributed by atoms with Gasteiger partial charge >= 0.3 is 0 Å². The van der Waals surface area contributed by atoms with Gasteiger partial charge in [-0.25, -0.2) is 0 Å². The molecule has 2 heterocycles. The van der Waals surface area contributed by atoms with Crippen molar-refractivity contribution in [3.63, 3.8) is 0 Å². The van der Waals surface area contributed by atoms with Gasteiger partial charge in [0, 0.05) is 22.3 Å². The molecule has 7 nitrogen and oxygen atoms in total. The molecule has 0 spiro atoms. The van der Waals surface area contributed by atoms with Crippen LogP contribution in [0.15, 0.2) is 64.1 Å². The third-order valence-corrected chi connectivity index (χ3v) is 5.83. The predicted octanol–water partition coefficient (Wildman–Crippen LogP) is 4.90.